The van der Waals surface area contributed by atoms with Crippen LogP contribution in [0.3, 0.4) is 0 Å². The molecule has 7 nitrogen and oxygen atoms in total. The first-order chi connectivity index (χ1) is 8.49. The Morgan fingerprint density at radius 3 is 2.78 bits per heavy atom. The number of rotatable bonds is 5. The fourth-order valence-electron chi connectivity index (χ4n) is 1.11. The zero-order valence-corrected chi connectivity index (χ0v) is 10.5. The Labute approximate surface area is 106 Å². The Hall–Kier alpha value is -1.96. The van der Waals surface area contributed by atoms with Crippen LogP contribution in [-0.4, -0.2) is 44.9 Å². The monoisotopic (exact) mass is 271 g/mol. The van der Waals surface area contributed by atoms with Gasteiger partial charge in [-0.2, -0.15) is 0 Å². The second kappa shape index (κ2) is 6.70. The summed E-state index contributed by atoms with van der Waals surface area (Å²) in [6, 6.07) is 0.803. The predicted molar refractivity (Wildman–Crippen MR) is 67.2 cm³/mol. The van der Waals surface area contributed by atoms with Gasteiger partial charge in [0, 0.05) is 35.5 Å². The maximum Gasteiger partial charge on any atom is 0.337 e. The van der Waals surface area contributed by atoms with Gasteiger partial charge in [-0.15, -0.1) is 0 Å². The van der Waals surface area contributed by atoms with Gasteiger partial charge in [0.15, 0.2) is 0 Å². The number of nitrogens with zero attached hydrogens (tertiary/aromatic N) is 1. The molecular weight excluding hydrogens is 258 g/mol. The summed E-state index contributed by atoms with van der Waals surface area (Å²) >= 11 is 0. The molecule has 1 aromatic rings. The number of carboxylic acids is 1. The molecular formula is C10H13N3O4S. The van der Waals surface area contributed by atoms with Crippen LogP contribution >= 0.6 is 0 Å². The molecule has 0 spiro atoms. The summed E-state index contributed by atoms with van der Waals surface area (Å²) in [6.07, 6.45) is 4.06. The van der Waals surface area contributed by atoms with E-state index in [4.69, 9.17) is 5.11 Å². The molecule has 2 amide bonds. The Bertz CT molecular complexity index is 478. The number of carbonyl (C=O) groups excluding carboxylic acids is 1. The van der Waals surface area contributed by atoms with Gasteiger partial charge in [-0.1, -0.05) is 0 Å². The van der Waals surface area contributed by atoms with Crippen LogP contribution < -0.4 is 10.6 Å². The van der Waals surface area contributed by atoms with Crippen LogP contribution in [0.25, 0.3) is 0 Å². The fraction of sp³-hybridized carbons (Fsp3) is 0.300. The summed E-state index contributed by atoms with van der Waals surface area (Å²) < 4.78 is 10.8. The SMILES string of the molecule is CS(=O)CCNC(=O)Nc1cncc(C(=O)O)c1. The average Bonchev–Trinajstić information content (AvgIpc) is 2.28. The van der Waals surface area contributed by atoms with E-state index in [1.54, 1.807) is 6.26 Å². The highest BCUT2D eigenvalue weighted by molar-refractivity contribution is 7.84. The summed E-state index contributed by atoms with van der Waals surface area (Å²) in [5, 5.41) is 13.7. The van der Waals surface area contributed by atoms with Crippen LogP contribution in [0.15, 0.2) is 18.5 Å². The van der Waals surface area contributed by atoms with Crippen LogP contribution in [0.5, 0.6) is 0 Å². The minimum atomic E-state index is -1.12. The van der Waals surface area contributed by atoms with Crippen molar-refractivity contribution in [3.8, 4) is 0 Å². The third-order valence-electron chi connectivity index (χ3n) is 1.92. The summed E-state index contributed by atoms with van der Waals surface area (Å²) in [5.74, 6) is -0.756. The predicted octanol–water partition coefficient (Wildman–Crippen LogP) is 0.280. The minimum Gasteiger partial charge on any atom is -0.478 e. The molecule has 8 heteroatoms. The highest BCUT2D eigenvalue weighted by Gasteiger charge is 2.06. The van der Waals surface area contributed by atoms with Crippen molar-refractivity contribution < 1.29 is 18.9 Å². The molecule has 0 aliphatic heterocycles. The fourth-order valence-corrected chi connectivity index (χ4v) is 1.50. The van der Waals surface area contributed by atoms with E-state index in [0.29, 0.717) is 5.75 Å². The van der Waals surface area contributed by atoms with Crippen molar-refractivity contribution in [2.75, 3.05) is 23.9 Å². The van der Waals surface area contributed by atoms with Gasteiger partial charge in [0.05, 0.1) is 17.4 Å². The van der Waals surface area contributed by atoms with Crippen molar-refractivity contribution in [1.29, 1.82) is 0 Å². The molecule has 0 aromatic carbocycles. The van der Waals surface area contributed by atoms with E-state index in [9.17, 15) is 13.8 Å². The number of anilines is 1. The van der Waals surface area contributed by atoms with Crippen LogP contribution in [0.2, 0.25) is 0 Å². The number of hydrogen-bond acceptors (Lipinski definition) is 4. The summed E-state index contributed by atoms with van der Waals surface area (Å²) in [7, 11) is -0.971. The molecule has 18 heavy (non-hydrogen) atoms. The number of carbonyl (C=O) groups is 2. The lowest BCUT2D eigenvalue weighted by Crippen LogP contribution is -2.31. The van der Waals surface area contributed by atoms with Crippen molar-refractivity contribution in [3.63, 3.8) is 0 Å². The number of pyridine rings is 1. The Balaban J connectivity index is 2.51. The topological polar surface area (TPSA) is 108 Å². The Morgan fingerprint density at radius 2 is 2.17 bits per heavy atom. The van der Waals surface area contributed by atoms with Crippen LogP contribution in [0.1, 0.15) is 10.4 Å². The van der Waals surface area contributed by atoms with Crippen LogP contribution in [0.4, 0.5) is 10.5 Å². The van der Waals surface area contributed by atoms with E-state index in [2.05, 4.69) is 15.6 Å². The third kappa shape index (κ3) is 4.91. The van der Waals surface area contributed by atoms with Gasteiger partial charge < -0.3 is 15.7 Å². The summed E-state index contributed by atoms with van der Waals surface area (Å²) in [6.45, 7) is 0.279. The number of amides is 2. The van der Waals surface area contributed by atoms with Gasteiger partial charge in [0.2, 0.25) is 0 Å². The van der Waals surface area contributed by atoms with Gasteiger partial charge in [-0.3, -0.25) is 9.19 Å². The van der Waals surface area contributed by atoms with E-state index >= 15 is 0 Å². The first kappa shape index (κ1) is 14.1. The molecule has 0 aliphatic carbocycles. The number of aromatic carboxylic acids is 1. The normalized spacial score (nSPS) is 11.6. The van der Waals surface area contributed by atoms with Crippen LogP contribution in [0, 0.1) is 0 Å². The lowest BCUT2D eigenvalue weighted by molar-refractivity contribution is 0.0696. The van der Waals surface area contributed by atoms with E-state index in [1.807, 2.05) is 0 Å². The largest absolute Gasteiger partial charge is 0.478 e. The van der Waals surface area contributed by atoms with Crippen molar-refractivity contribution >= 4 is 28.5 Å². The van der Waals surface area contributed by atoms with Gasteiger partial charge in [0.25, 0.3) is 0 Å². The standard InChI is InChI=1S/C10H13N3O4S/c1-18(17)3-2-12-10(16)13-8-4-7(9(14)15)5-11-6-8/h4-6H,2-3H2,1H3,(H,14,15)(H2,12,13,16). The highest BCUT2D eigenvalue weighted by Crippen LogP contribution is 2.07. The quantitative estimate of drug-likeness (QED) is 0.712. The lowest BCUT2D eigenvalue weighted by atomic mass is 10.3. The molecule has 1 aromatic heterocycles. The van der Waals surface area contributed by atoms with Crippen molar-refractivity contribution in [1.82, 2.24) is 10.3 Å². The molecule has 0 fully saturated rings. The number of nitrogens with one attached hydrogen (secondary N) is 2. The molecule has 1 atom stereocenters. The molecule has 3 N–H and O–H groups in total. The first-order valence-electron chi connectivity index (χ1n) is 5.02. The molecule has 0 saturated heterocycles. The maximum absolute atomic E-state index is 11.4. The van der Waals surface area contributed by atoms with Gasteiger partial charge >= 0.3 is 12.0 Å². The third-order valence-corrected chi connectivity index (χ3v) is 2.70. The summed E-state index contributed by atoms with van der Waals surface area (Å²) in [4.78, 5) is 25.8. The number of carboxylic acid groups (broad SMARTS) is 1. The molecule has 0 aliphatic rings. The smallest absolute Gasteiger partial charge is 0.337 e. The average molecular weight is 271 g/mol. The van der Waals surface area contributed by atoms with E-state index in [0.717, 1.165) is 0 Å². The molecule has 1 unspecified atom stereocenters. The number of hydrogen-bond donors (Lipinski definition) is 3. The molecule has 0 bridgehead atoms. The van der Waals surface area contributed by atoms with E-state index in [-0.39, 0.29) is 17.8 Å². The molecule has 98 valence electrons. The van der Waals surface area contributed by atoms with Crippen molar-refractivity contribution in [2.45, 2.75) is 0 Å². The van der Waals surface area contributed by atoms with Crippen LogP contribution in [-0.2, 0) is 10.8 Å². The van der Waals surface area contributed by atoms with Crippen molar-refractivity contribution in [3.05, 3.63) is 24.0 Å². The zero-order chi connectivity index (χ0) is 13.5. The minimum absolute atomic E-state index is 0.0116. The number of urea groups is 1. The zero-order valence-electron chi connectivity index (χ0n) is 9.67. The maximum atomic E-state index is 11.4. The van der Waals surface area contributed by atoms with Gasteiger partial charge in [-0.05, 0) is 6.07 Å². The van der Waals surface area contributed by atoms with Crippen molar-refractivity contribution in [2.24, 2.45) is 0 Å². The molecule has 0 radical (unpaired) electrons. The molecule has 1 heterocycles. The number of aromatic nitrogens is 1. The van der Waals surface area contributed by atoms with Gasteiger partial charge in [-0.25, -0.2) is 9.59 Å². The Kier molecular flexibility index (Phi) is 5.25. The summed E-state index contributed by atoms with van der Waals surface area (Å²) in [5.41, 5.74) is 0.271. The highest BCUT2D eigenvalue weighted by atomic mass is 32.2. The molecule has 0 saturated carbocycles. The second-order valence-electron chi connectivity index (χ2n) is 3.43. The molecule has 1 rings (SSSR count). The Morgan fingerprint density at radius 1 is 1.44 bits per heavy atom. The van der Waals surface area contributed by atoms with E-state index in [1.165, 1.54) is 18.5 Å². The van der Waals surface area contributed by atoms with E-state index < -0.39 is 22.8 Å². The second-order valence-corrected chi connectivity index (χ2v) is 4.98. The lowest BCUT2D eigenvalue weighted by Gasteiger charge is -2.06. The van der Waals surface area contributed by atoms with Gasteiger partial charge in [0.1, 0.15) is 0 Å². The first-order valence-corrected chi connectivity index (χ1v) is 6.75.